The molecule has 10 rings (SSSR count). The number of aromatic hydroxyl groups is 1. The van der Waals surface area contributed by atoms with Gasteiger partial charge in [0, 0.05) is 49.7 Å². The number of aromatic carboxylic acids is 1. The van der Waals surface area contributed by atoms with E-state index in [1.165, 1.54) is 53.7 Å². The number of nitrogens with one attached hydrogen (secondary N) is 2. The van der Waals surface area contributed by atoms with E-state index in [0.717, 1.165) is 117 Å². The van der Waals surface area contributed by atoms with Gasteiger partial charge in [-0.3, -0.25) is 67.7 Å². The lowest BCUT2D eigenvalue weighted by Crippen LogP contribution is -2.25. The Balaban J connectivity index is 0. The van der Waals surface area contributed by atoms with Gasteiger partial charge in [0.15, 0.2) is 5.78 Å². The zero-order valence-corrected chi connectivity index (χ0v) is 65.7. The number of carbonyl (C=O) groups is 13. The smallest absolute Gasteiger partial charge is 0.336 e. The monoisotopic (exact) mass is 1610 g/mol. The number of fused-ring (bicyclic) bond motifs is 4. The van der Waals surface area contributed by atoms with Crippen molar-refractivity contribution in [3.8, 4) is 11.8 Å². The minimum Gasteiger partial charge on any atom is -0.508 e. The molecule has 3 heterocycles. The molecule has 6 aliphatic rings. The van der Waals surface area contributed by atoms with Gasteiger partial charge in [0.1, 0.15) is 34.4 Å². The van der Waals surface area contributed by atoms with Gasteiger partial charge < -0.3 is 70.8 Å². The third kappa shape index (κ3) is 37.9. The largest absolute Gasteiger partial charge is 0.508 e. The Bertz CT molecular complexity index is 3980. The number of aromatic amines is 1. The number of nitrogen functional groups attached to an aromatic ring is 1. The number of phenolic OH excluding ortho intramolecular Hbond substituents is 1. The fourth-order valence-corrected chi connectivity index (χ4v) is 14.5. The predicted octanol–water partition coefficient (Wildman–Crippen LogP) is 11.2. The number of aryl methyl sites for hydroxylation is 2. The Hall–Kier alpha value is -10.6. The highest BCUT2D eigenvalue weighted by molar-refractivity contribution is 7.18. The van der Waals surface area contributed by atoms with Crippen LogP contribution < -0.4 is 17.0 Å². The number of nitrogens with zero attached hydrogens (tertiary/aromatic N) is 3. The molecule has 4 saturated carbocycles. The molecular weight excluding hydrogens is 1500 g/mol. The second-order valence-corrected chi connectivity index (χ2v) is 27.8. The van der Waals surface area contributed by atoms with Crippen LogP contribution in [0.3, 0.4) is 0 Å². The SMILES string of the molecule is C.CC(=O)C1CCc2sc3nc[nH]c(=O)c3c2C1.CC(=O)O.CCOC(=O)C1CCCC(=O)C1.CCOC(=O)C1CCc2sc(N)c(C(C)=O)c2C1.CCOC(=O)CC#N.N=CN.O=C(O)C1CCCC(O)C1.O=C(O)c1cccc(O)c1.O=C1CCCC(C(=O)O)C1.[C-]#[N+]/C(C(=O)OCC)=C1\CCCC(C(=O)OCC)C1.[HH]. The number of benzene rings is 1. The predicted molar refractivity (Wildman–Crippen MR) is 417 cm³/mol. The van der Waals surface area contributed by atoms with Crippen molar-refractivity contribution in [3.63, 3.8) is 0 Å². The molecule has 0 radical (unpaired) electrons. The minimum absolute atomic E-state index is 0. The number of hydrogen-bond acceptors (Lipinski definition) is 27. The van der Waals surface area contributed by atoms with E-state index in [1.54, 1.807) is 58.9 Å². The number of esters is 5. The molecule has 112 heavy (non-hydrogen) atoms. The summed E-state index contributed by atoms with van der Waals surface area (Å²) in [6.45, 7) is 21.8. The summed E-state index contributed by atoms with van der Waals surface area (Å²) < 4.78 is 24.2. The molecule has 0 saturated heterocycles. The molecular formula is C78H111N7O25S2. The Kier molecular flexibility index (Phi) is 50.5. The minimum atomic E-state index is -1.03. The normalized spacial score (nSPS) is 19.0. The molecule has 32 nitrogen and oxygen atoms in total. The summed E-state index contributed by atoms with van der Waals surface area (Å²) in [4.78, 5) is 166. The quantitative estimate of drug-likeness (QED) is 0.0100. The highest BCUT2D eigenvalue weighted by Crippen LogP contribution is 2.40. The van der Waals surface area contributed by atoms with E-state index in [2.05, 4.69) is 25.3 Å². The highest BCUT2D eigenvalue weighted by Gasteiger charge is 2.34. The van der Waals surface area contributed by atoms with Gasteiger partial charge in [-0.15, -0.1) is 22.7 Å². The lowest BCUT2D eigenvalue weighted by Gasteiger charge is -2.23. The number of aliphatic hydroxyl groups excluding tert-OH is 1. The van der Waals surface area contributed by atoms with Crippen LogP contribution in [-0.2, 0) is 102 Å². The number of H-pyrrole nitrogens is 1. The second-order valence-electron chi connectivity index (χ2n) is 25.6. The van der Waals surface area contributed by atoms with E-state index in [9.17, 15) is 62.3 Å². The fourth-order valence-electron chi connectivity index (χ4n) is 12.1. The van der Waals surface area contributed by atoms with Gasteiger partial charge >= 0.3 is 47.8 Å². The zero-order chi connectivity index (χ0) is 83.9. The molecule has 6 aliphatic carbocycles. The molecule has 4 fully saturated rings. The number of nitriles is 1. The maximum atomic E-state index is 11.8. The summed E-state index contributed by atoms with van der Waals surface area (Å²) in [5.74, 6) is -5.81. The van der Waals surface area contributed by atoms with E-state index >= 15 is 0 Å². The molecule has 3 aromatic heterocycles. The molecule has 0 amide bonds. The van der Waals surface area contributed by atoms with Crippen molar-refractivity contribution in [2.45, 2.75) is 217 Å². The maximum Gasteiger partial charge on any atom is 0.336 e. The number of phenols is 1. The number of carbonyl (C=O) groups excluding carboxylic acids is 9. The highest BCUT2D eigenvalue weighted by atomic mass is 32.1. The number of carboxylic acid groups (broad SMARTS) is 4. The number of anilines is 1. The van der Waals surface area contributed by atoms with Gasteiger partial charge in [0.2, 0.25) is 0 Å². The Morgan fingerprint density at radius 2 is 1.13 bits per heavy atom. The molecule has 7 atom stereocenters. The molecule has 1 aromatic carbocycles. The summed E-state index contributed by atoms with van der Waals surface area (Å²) in [7, 11) is 0. The Labute approximate surface area is 660 Å². The number of allylic oxidation sites excluding steroid dienone is 1. The van der Waals surface area contributed by atoms with Crippen LogP contribution in [-0.4, -0.2) is 163 Å². The number of carboxylic acids is 4. The number of nitrogens with two attached hydrogens (primary N) is 2. The van der Waals surface area contributed by atoms with Gasteiger partial charge in [0.05, 0.1) is 116 Å². The van der Waals surface area contributed by atoms with Crippen molar-refractivity contribution in [2.24, 2.45) is 41.2 Å². The van der Waals surface area contributed by atoms with Crippen molar-refractivity contribution in [2.75, 3.05) is 38.8 Å². The van der Waals surface area contributed by atoms with E-state index < -0.39 is 41.7 Å². The first-order valence-corrected chi connectivity index (χ1v) is 38.0. The van der Waals surface area contributed by atoms with Gasteiger partial charge in [-0.05, 0) is 187 Å². The van der Waals surface area contributed by atoms with Crippen molar-refractivity contribution in [1.82, 2.24) is 9.97 Å². The number of aliphatic carboxylic acids is 3. The van der Waals surface area contributed by atoms with Crippen LogP contribution in [0.15, 0.2) is 46.7 Å². The molecule has 0 spiro atoms. The second kappa shape index (κ2) is 55.8. The third-order valence-electron chi connectivity index (χ3n) is 17.3. The standard InChI is InChI=1S/C14H19NO4.C13H17NO3S.C12H12N2O2S.C9H14O3.C7H12O3.C7H10O3.C7H6O3.C5H7NO2.C2H4O2.CH4N2.CH4.H2/c1-4-18-13(16)11-8-6-7-10(9-11)12(15-3)14(17)19-5-2;1-3-17-13(16)8-4-5-10-9(6-8)11(7(2)15)12(14)18-10;1-6(15)7-2-3-9-8(4-7)10-11(16)13-5-14-12(10)17-9;1-2-12-9(11)7-4-3-5-8(10)6-7;3*8-6-3-1-2-5(4-6)7(9)10;1-2-8-5(7)3-4-6;1-2(3)4;2-1-3;;/h11H,4-9H2,1-2H3;8H,3-6,14H2,1-2H3;5,7H,2-4H2,1H3,(H,13,14,16);7H,2-6H2,1H3;5-6,8H,1-4H2,(H,9,10);5H,1-4H2,(H,9,10);1-4,8H,(H,9,10);2-3H2,1H3;1H3,(H,3,4);1H,(H3,2,3);1H4;1H/b12-10+;;;;;;;;;;;. The van der Waals surface area contributed by atoms with Crippen molar-refractivity contribution < 1.29 is 118 Å². The Morgan fingerprint density at radius 1 is 0.661 bits per heavy atom. The molecule has 34 heteroatoms. The average molecular weight is 1610 g/mol. The lowest BCUT2D eigenvalue weighted by molar-refractivity contribution is -0.151. The van der Waals surface area contributed by atoms with Gasteiger partial charge in [-0.2, -0.15) is 5.26 Å². The number of hydrogen-bond donors (Lipinski definition) is 10. The summed E-state index contributed by atoms with van der Waals surface area (Å²) >= 11 is 3.06. The van der Waals surface area contributed by atoms with Gasteiger partial charge in [-0.25, -0.2) is 14.6 Å². The summed E-state index contributed by atoms with van der Waals surface area (Å²) in [6, 6.07) is 7.20. The van der Waals surface area contributed by atoms with Crippen LogP contribution >= 0.6 is 22.7 Å². The van der Waals surface area contributed by atoms with Crippen molar-refractivity contribution in [1.29, 1.82) is 10.7 Å². The number of ether oxygens (including phenoxy) is 5. The Morgan fingerprint density at radius 3 is 1.57 bits per heavy atom. The number of aromatic nitrogens is 2. The molecule has 12 N–H and O–H groups in total. The number of Topliss-reactive ketones (excluding diaryl/α,β-unsaturated/α-hetero) is 4. The third-order valence-corrected chi connectivity index (χ3v) is 19.6. The van der Waals surface area contributed by atoms with Crippen LogP contribution in [0.2, 0.25) is 0 Å². The molecule has 7 unspecified atom stereocenters. The van der Waals surface area contributed by atoms with Crippen LogP contribution in [0.1, 0.15) is 228 Å². The van der Waals surface area contributed by atoms with E-state index in [4.69, 9.17) is 77.4 Å². The molecule has 4 aromatic rings. The number of ketones is 4. The average Bonchev–Trinajstić information content (AvgIpc) is 1.63. The number of thiophene rings is 2. The van der Waals surface area contributed by atoms with Crippen LogP contribution in [0.5, 0.6) is 5.75 Å². The fraction of sp³-hybridized carbons (Fsp3) is 0.564. The molecule has 620 valence electrons. The number of aliphatic hydroxyl groups is 1. The first-order chi connectivity index (χ1) is 52.6. The van der Waals surface area contributed by atoms with Crippen molar-refractivity contribution in [3.05, 3.63) is 95.6 Å². The summed E-state index contributed by atoms with van der Waals surface area (Å²) in [5.41, 5.74) is 13.7. The van der Waals surface area contributed by atoms with Crippen LogP contribution in [0.25, 0.3) is 15.1 Å². The van der Waals surface area contributed by atoms with E-state index in [-0.39, 0.29) is 128 Å². The topological polar surface area (TPSA) is 539 Å². The van der Waals surface area contributed by atoms with Crippen LogP contribution in [0.4, 0.5) is 5.00 Å². The number of rotatable bonds is 15. The van der Waals surface area contributed by atoms with E-state index in [1.807, 2.05) is 0 Å². The van der Waals surface area contributed by atoms with Gasteiger partial charge in [0.25, 0.3) is 17.2 Å². The van der Waals surface area contributed by atoms with Gasteiger partial charge in [-0.1, -0.05) is 25.5 Å². The first-order valence-electron chi connectivity index (χ1n) is 36.4. The molecule has 0 aliphatic heterocycles. The molecule has 0 bridgehead atoms. The zero-order valence-electron chi connectivity index (χ0n) is 64.1. The maximum absolute atomic E-state index is 11.8. The van der Waals surface area contributed by atoms with E-state index in [0.29, 0.717) is 100 Å². The summed E-state index contributed by atoms with van der Waals surface area (Å²) in [6.07, 6.45) is 16.6. The van der Waals surface area contributed by atoms with Crippen LogP contribution in [0, 0.1) is 58.8 Å². The van der Waals surface area contributed by atoms with Crippen molar-refractivity contribution >= 4 is 121 Å². The first kappa shape index (κ1) is 101. The lowest BCUT2D eigenvalue weighted by atomic mass is 9.84. The summed E-state index contributed by atoms with van der Waals surface area (Å²) in [5, 5.41) is 65.8.